The Kier molecular flexibility index (Phi) is 5.31. The van der Waals surface area contributed by atoms with Crippen LogP contribution in [-0.2, 0) is 11.9 Å². The Labute approximate surface area is 135 Å². The highest BCUT2D eigenvalue weighted by atomic mass is 79.9. The number of rotatable bonds is 4. The molecule has 4 heteroatoms. The fraction of sp³-hybridized carbons (Fsp3) is 0.200. The molecule has 0 aliphatic carbocycles. The number of nitrogens with zero attached hydrogens (tertiary/aromatic N) is 1. The van der Waals surface area contributed by atoms with Gasteiger partial charge >= 0.3 is 0 Å². The van der Waals surface area contributed by atoms with E-state index < -0.39 is 0 Å². The van der Waals surface area contributed by atoms with Crippen molar-refractivity contribution in [1.82, 2.24) is 0 Å². The van der Waals surface area contributed by atoms with Crippen molar-refractivity contribution >= 4 is 49.1 Å². The summed E-state index contributed by atoms with van der Waals surface area (Å²) in [5.74, 6) is 0. The molecule has 0 spiro atoms. The highest BCUT2D eigenvalue weighted by Gasteiger charge is 2.09. The molecular weight excluding hydrogens is 389 g/mol. The first-order valence-electron chi connectivity index (χ1n) is 5.90. The van der Waals surface area contributed by atoms with Gasteiger partial charge in [-0.3, -0.25) is 0 Å². The predicted molar refractivity (Wildman–Crippen MR) is 90.3 cm³/mol. The first-order valence-corrected chi connectivity index (χ1v) is 8.20. The SMILES string of the molecule is CN(Cc1ccccc1Cl)c1ccc(Br)cc1CBr. The van der Waals surface area contributed by atoms with Crippen molar-refractivity contribution in [3.05, 3.63) is 63.1 Å². The zero-order valence-electron chi connectivity index (χ0n) is 10.5. The van der Waals surface area contributed by atoms with Crippen molar-refractivity contribution < 1.29 is 0 Å². The van der Waals surface area contributed by atoms with Crippen LogP contribution in [0.1, 0.15) is 11.1 Å². The fourth-order valence-corrected chi connectivity index (χ4v) is 3.05. The van der Waals surface area contributed by atoms with E-state index in [1.165, 1.54) is 11.3 Å². The lowest BCUT2D eigenvalue weighted by atomic mass is 10.1. The average molecular weight is 404 g/mol. The zero-order valence-corrected chi connectivity index (χ0v) is 14.5. The van der Waals surface area contributed by atoms with Crippen molar-refractivity contribution in [2.75, 3.05) is 11.9 Å². The molecule has 0 radical (unpaired) electrons. The van der Waals surface area contributed by atoms with Gasteiger partial charge in [0, 0.05) is 34.1 Å². The maximum absolute atomic E-state index is 6.21. The van der Waals surface area contributed by atoms with Gasteiger partial charge in [0.25, 0.3) is 0 Å². The maximum Gasteiger partial charge on any atom is 0.0455 e. The standard InChI is InChI=1S/C15H14Br2ClN/c1-19(10-11-4-2-3-5-14(11)18)15-7-6-13(17)8-12(15)9-16/h2-8H,9-10H2,1H3. The molecule has 0 aromatic heterocycles. The van der Waals surface area contributed by atoms with E-state index in [4.69, 9.17) is 11.6 Å². The lowest BCUT2D eigenvalue weighted by molar-refractivity contribution is 0.916. The maximum atomic E-state index is 6.21. The van der Waals surface area contributed by atoms with Gasteiger partial charge < -0.3 is 4.90 Å². The molecule has 0 aliphatic rings. The predicted octanol–water partition coefficient (Wildman–Crippen LogP) is 5.63. The Balaban J connectivity index is 2.25. The number of anilines is 1. The van der Waals surface area contributed by atoms with Crippen LogP contribution in [0, 0.1) is 0 Å². The molecule has 0 heterocycles. The van der Waals surface area contributed by atoms with Gasteiger partial charge in [-0.1, -0.05) is 61.7 Å². The molecule has 0 saturated carbocycles. The Morgan fingerprint density at radius 1 is 1.11 bits per heavy atom. The molecule has 0 aliphatic heterocycles. The van der Waals surface area contributed by atoms with Crippen LogP contribution in [0.4, 0.5) is 5.69 Å². The summed E-state index contributed by atoms with van der Waals surface area (Å²) in [6.45, 7) is 0.793. The molecule has 2 aromatic carbocycles. The van der Waals surface area contributed by atoms with Gasteiger partial charge in [-0.25, -0.2) is 0 Å². The molecule has 100 valence electrons. The summed E-state index contributed by atoms with van der Waals surface area (Å²) in [6, 6.07) is 14.3. The van der Waals surface area contributed by atoms with E-state index in [1.807, 2.05) is 18.2 Å². The zero-order chi connectivity index (χ0) is 13.8. The average Bonchev–Trinajstić information content (AvgIpc) is 2.41. The van der Waals surface area contributed by atoms with E-state index in [9.17, 15) is 0 Å². The van der Waals surface area contributed by atoms with E-state index in [-0.39, 0.29) is 0 Å². The second-order valence-electron chi connectivity index (χ2n) is 4.35. The van der Waals surface area contributed by atoms with Crippen molar-refractivity contribution in [1.29, 1.82) is 0 Å². The van der Waals surface area contributed by atoms with Gasteiger partial charge in [0.15, 0.2) is 0 Å². The number of benzene rings is 2. The summed E-state index contributed by atoms with van der Waals surface area (Å²) >= 11 is 13.3. The Morgan fingerprint density at radius 3 is 2.53 bits per heavy atom. The van der Waals surface area contributed by atoms with Crippen LogP contribution < -0.4 is 4.90 Å². The summed E-state index contributed by atoms with van der Waals surface area (Å²) in [4.78, 5) is 2.21. The molecule has 0 N–H and O–H groups in total. The van der Waals surface area contributed by atoms with Crippen molar-refractivity contribution in [3.8, 4) is 0 Å². The minimum absolute atomic E-state index is 0.793. The molecular formula is C15H14Br2ClN. The Morgan fingerprint density at radius 2 is 1.84 bits per heavy atom. The molecule has 0 atom stereocenters. The minimum atomic E-state index is 0.793. The van der Waals surface area contributed by atoms with Crippen LogP contribution >= 0.6 is 43.5 Å². The highest BCUT2D eigenvalue weighted by molar-refractivity contribution is 9.10. The molecule has 0 amide bonds. The van der Waals surface area contributed by atoms with Crippen LogP contribution in [0.2, 0.25) is 5.02 Å². The first kappa shape index (κ1) is 14.9. The van der Waals surface area contributed by atoms with Crippen LogP contribution in [0.5, 0.6) is 0 Å². The normalized spacial score (nSPS) is 10.5. The van der Waals surface area contributed by atoms with E-state index in [2.05, 4.69) is 68.1 Å². The lowest BCUT2D eigenvalue weighted by Gasteiger charge is -2.23. The van der Waals surface area contributed by atoms with E-state index in [0.29, 0.717) is 0 Å². The van der Waals surface area contributed by atoms with Gasteiger partial charge in [-0.15, -0.1) is 0 Å². The molecule has 0 saturated heterocycles. The summed E-state index contributed by atoms with van der Waals surface area (Å²) in [5, 5.41) is 1.64. The highest BCUT2D eigenvalue weighted by Crippen LogP contribution is 2.28. The Bertz CT molecular complexity index is 572. The van der Waals surface area contributed by atoms with E-state index >= 15 is 0 Å². The summed E-state index contributed by atoms with van der Waals surface area (Å²) < 4.78 is 1.09. The molecule has 0 fully saturated rings. The third-order valence-electron chi connectivity index (χ3n) is 2.96. The van der Waals surface area contributed by atoms with Crippen molar-refractivity contribution in [2.45, 2.75) is 11.9 Å². The topological polar surface area (TPSA) is 3.24 Å². The molecule has 2 aromatic rings. The van der Waals surface area contributed by atoms with Gasteiger partial charge in [0.1, 0.15) is 0 Å². The smallest absolute Gasteiger partial charge is 0.0455 e. The number of hydrogen-bond acceptors (Lipinski definition) is 1. The van der Waals surface area contributed by atoms with Crippen LogP contribution in [0.3, 0.4) is 0 Å². The monoisotopic (exact) mass is 401 g/mol. The quantitative estimate of drug-likeness (QED) is 0.598. The number of halogens is 3. The van der Waals surface area contributed by atoms with Crippen molar-refractivity contribution in [2.24, 2.45) is 0 Å². The third kappa shape index (κ3) is 3.74. The summed E-state index contributed by atoms with van der Waals surface area (Å²) in [6.07, 6.45) is 0. The first-order chi connectivity index (χ1) is 9.11. The summed E-state index contributed by atoms with van der Waals surface area (Å²) in [5.41, 5.74) is 3.60. The lowest BCUT2D eigenvalue weighted by Crippen LogP contribution is -2.18. The van der Waals surface area contributed by atoms with Gasteiger partial charge in [0.05, 0.1) is 0 Å². The molecule has 2 rings (SSSR count). The summed E-state index contributed by atoms with van der Waals surface area (Å²) in [7, 11) is 2.08. The Hall–Kier alpha value is -0.510. The van der Waals surface area contributed by atoms with E-state index in [1.54, 1.807) is 0 Å². The molecule has 0 unspecified atom stereocenters. The van der Waals surface area contributed by atoms with Crippen molar-refractivity contribution in [3.63, 3.8) is 0 Å². The molecule has 1 nitrogen and oxygen atoms in total. The van der Waals surface area contributed by atoms with Gasteiger partial charge in [-0.2, -0.15) is 0 Å². The fourth-order valence-electron chi connectivity index (χ4n) is 2.00. The third-order valence-corrected chi connectivity index (χ3v) is 4.43. The second-order valence-corrected chi connectivity index (χ2v) is 6.24. The van der Waals surface area contributed by atoms with Crippen LogP contribution in [0.25, 0.3) is 0 Å². The van der Waals surface area contributed by atoms with Crippen LogP contribution in [0.15, 0.2) is 46.9 Å². The van der Waals surface area contributed by atoms with E-state index in [0.717, 1.165) is 26.9 Å². The van der Waals surface area contributed by atoms with Crippen LogP contribution in [-0.4, -0.2) is 7.05 Å². The van der Waals surface area contributed by atoms with Gasteiger partial charge in [-0.05, 0) is 35.4 Å². The number of hydrogen-bond donors (Lipinski definition) is 0. The molecule has 0 bridgehead atoms. The second kappa shape index (κ2) is 6.78. The van der Waals surface area contributed by atoms with Gasteiger partial charge in [0.2, 0.25) is 0 Å². The largest absolute Gasteiger partial charge is 0.370 e. The molecule has 19 heavy (non-hydrogen) atoms. The minimum Gasteiger partial charge on any atom is -0.370 e. The number of alkyl halides is 1.